The molecule has 10 nitrogen and oxygen atoms in total. The molecule has 4 heterocycles. The first-order valence-corrected chi connectivity index (χ1v) is 14.7. The Morgan fingerprint density at radius 2 is 1.86 bits per heavy atom. The standard InChI is InChI=1S/C30H25N5O5S2/c1-16-7-9-18(10-8-16)15-41-30-33-32-29(42-30)35-25(19-11-12-20(36)21(14-19)40-3)23(27(38)28(35)39)26(37)24-17(2)31-22-6-4-5-13-34(22)24/h4-14,25,36-37H,15H2,1-3H3/b26-23+. The van der Waals surface area contributed by atoms with Crippen LogP contribution in [0.25, 0.3) is 11.4 Å². The number of aromatic hydroxyl groups is 1. The van der Waals surface area contributed by atoms with Crippen molar-refractivity contribution in [1.82, 2.24) is 19.6 Å². The molecule has 1 aliphatic heterocycles. The zero-order valence-corrected chi connectivity index (χ0v) is 24.4. The van der Waals surface area contributed by atoms with E-state index in [1.807, 2.05) is 37.3 Å². The Balaban J connectivity index is 1.46. The first-order valence-electron chi connectivity index (χ1n) is 12.9. The van der Waals surface area contributed by atoms with Gasteiger partial charge in [0, 0.05) is 11.9 Å². The van der Waals surface area contributed by atoms with Gasteiger partial charge in [0.05, 0.1) is 24.4 Å². The minimum absolute atomic E-state index is 0.110. The highest BCUT2D eigenvalue weighted by Crippen LogP contribution is 2.45. The summed E-state index contributed by atoms with van der Waals surface area (Å²) >= 11 is 2.65. The summed E-state index contributed by atoms with van der Waals surface area (Å²) in [6.07, 6.45) is 1.72. The smallest absolute Gasteiger partial charge is 0.301 e. The predicted molar refractivity (Wildman–Crippen MR) is 160 cm³/mol. The minimum Gasteiger partial charge on any atom is -0.505 e. The lowest BCUT2D eigenvalue weighted by molar-refractivity contribution is -0.132. The van der Waals surface area contributed by atoms with Gasteiger partial charge >= 0.3 is 5.91 Å². The van der Waals surface area contributed by atoms with Gasteiger partial charge in [-0.15, -0.1) is 10.2 Å². The molecule has 0 radical (unpaired) electrons. The Labute approximate surface area is 248 Å². The number of benzene rings is 2. The average molecular weight is 600 g/mol. The number of aliphatic hydroxyl groups is 1. The molecule has 3 aromatic heterocycles. The molecule has 1 fully saturated rings. The molecule has 212 valence electrons. The molecule has 1 atom stereocenters. The third kappa shape index (κ3) is 4.78. The SMILES string of the molecule is COc1cc(C2/C(=C(\O)c3c(C)nc4ccccn34)C(=O)C(=O)N2c2nnc(SCc3ccc(C)cc3)s2)ccc1O. The third-order valence-corrected chi connectivity index (χ3v) is 9.10. The number of phenols is 1. The van der Waals surface area contributed by atoms with Crippen molar-refractivity contribution in [2.45, 2.75) is 30.0 Å². The summed E-state index contributed by atoms with van der Waals surface area (Å²) in [6.45, 7) is 3.75. The number of carbonyl (C=O) groups is 2. The molecule has 0 bridgehead atoms. The van der Waals surface area contributed by atoms with Crippen molar-refractivity contribution in [2.24, 2.45) is 0 Å². The van der Waals surface area contributed by atoms with Crippen LogP contribution in [0.5, 0.6) is 11.5 Å². The summed E-state index contributed by atoms with van der Waals surface area (Å²) in [7, 11) is 1.40. The molecule has 42 heavy (non-hydrogen) atoms. The number of carbonyl (C=O) groups excluding carboxylic acids is 2. The van der Waals surface area contributed by atoms with E-state index in [-0.39, 0.29) is 28.0 Å². The van der Waals surface area contributed by atoms with E-state index in [0.717, 1.165) is 5.56 Å². The van der Waals surface area contributed by atoms with Gasteiger partial charge in [-0.3, -0.25) is 18.9 Å². The third-order valence-electron chi connectivity index (χ3n) is 6.98. The van der Waals surface area contributed by atoms with E-state index in [2.05, 4.69) is 15.2 Å². The van der Waals surface area contributed by atoms with Gasteiger partial charge in [-0.25, -0.2) is 4.98 Å². The van der Waals surface area contributed by atoms with Crippen LogP contribution in [-0.2, 0) is 15.3 Å². The fraction of sp³-hybridized carbons (Fsp3) is 0.167. The highest BCUT2D eigenvalue weighted by atomic mass is 32.2. The van der Waals surface area contributed by atoms with Gasteiger partial charge in [0.2, 0.25) is 5.13 Å². The number of aryl methyl sites for hydroxylation is 2. The summed E-state index contributed by atoms with van der Waals surface area (Å²) in [5.74, 6) is -1.41. The summed E-state index contributed by atoms with van der Waals surface area (Å²) < 4.78 is 7.59. The number of thioether (sulfide) groups is 1. The Morgan fingerprint density at radius 1 is 1.07 bits per heavy atom. The summed E-state index contributed by atoms with van der Waals surface area (Å²) in [6, 6.07) is 17.0. The second-order valence-electron chi connectivity index (χ2n) is 9.70. The Kier molecular flexibility index (Phi) is 7.17. The molecule has 0 saturated carbocycles. The number of Topliss-reactive ketones (excluding diaryl/α,β-unsaturated/α-hetero) is 1. The van der Waals surface area contributed by atoms with Gasteiger partial charge in [0.25, 0.3) is 5.78 Å². The lowest BCUT2D eigenvalue weighted by Gasteiger charge is -2.23. The molecule has 12 heteroatoms. The van der Waals surface area contributed by atoms with Crippen LogP contribution in [0, 0.1) is 13.8 Å². The molecule has 5 aromatic rings. The highest BCUT2D eigenvalue weighted by Gasteiger charge is 2.49. The van der Waals surface area contributed by atoms with Gasteiger partial charge in [-0.2, -0.15) is 0 Å². The maximum atomic E-state index is 13.7. The van der Waals surface area contributed by atoms with Crippen LogP contribution >= 0.6 is 23.1 Å². The number of ether oxygens (including phenoxy) is 1. The maximum absolute atomic E-state index is 13.7. The van der Waals surface area contributed by atoms with Crippen LogP contribution in [0.3, 0.4) is 0 Å². The van der Waals surface area contributed by atoms with Crippen molar-refractivity contribution in [3.05, 3.63) is 101 Å². The molecule has 1 saturated heterocycles. The fourth-order valence-corrected chi connectivity index (χ4v) is 6.75. The number of fused-ring (bicyclic) bond motifs is 1. The van der Waals surface area contributed by atoms with Crippen LogP contribution in [0.4, 0.5) is 5.13 Å². The fourth-order valence-electron chi connectivity index (χ4n) is 4.92. The van der Waals surface area contributed by atoms with Crippen molar-refractivity contribution < 1.29 is 24.5 Å². The molecule has 1 aliphatic rings. The predicted octanol–water partition coefficient (Wildman–Crippen LogP) is 5.44. The number of pyridine rings is 1. The average Bonchev–Trinajstić information content (AvgIpc) is 3.66. The highest BCUT2D eigenvalue weighted by molar-refractivity contribution is 8.00. The van der Waals surface area contributed by atoms with Gasteiger partial charge in [-0.05, 0) is 49.2 Å². The first kappa shape index (κ1) is 27.5. The zero-order chi connectivity index (χ0) is 29.5. The summed E-state index contributed by atoms with van der Waals surface area (Å²) in [4.78, 5) is 33.0. The molecule has 0 aliphatic carbocycles. The number of anilines is 1. The van der Waals surface area contributed by atoms with E-state index in [0.29, 0.717) is 32.7 Å². The van der Waals surface area contributed by atoms with E-state index in [1.54, 1.807) is 35.7 Å². The van der Waals surface area contributed by atoms with Gasteiger partial charge < -0.3 is 14.9 Å². The van der Waals surface area contributed by atoms with Crippen LogP contribution in [0.2, 0.25) is 0 Å². The monoisotopic (exact) mass is 599 g/mol. The van der Waals surface area contributed by atoms with Crippen LogP contribution in [-0.4, -0.2) is 48.6 Å². The number of nitrogens with zero attached hydrogens (tertiary/aromatic N) is 5. The van der Waals surface area contributed by atoms with Crippen molar-refractivity contribution in [3.63, 3.8) is 0 Å². The van der Waals surface area contributed by atoms with Gasteiger partial charge in [-0.1, -0.05) is 65.1 Å². The molecule has 1 amide bonds. The number of ketones is 1. The number of aromatic nitrogens is 4. The zero-order valence-electron chi connectivity index (χ0n) is 22.8. The molecule has 6 rings (SSSR count). The lowest BCUT2D eigenvalue weighted by Crippen LogP contribution is -2.29. The number of hydrogen-bond acceptors (Lipinski definition) is 10. The number of hydrogen-bond donors (Lipinski definition) is 2. The molecule has 2 N–H and O–H groups in total. The van der Waals surface area contributed by atoms with Gasteiger partial charge in [0.15, 0.2) is 21.6 Å². The van der Waals surface area contributed by atoms with Crippen molar-refractivity contribution >= 4 is 51.3 Å². The number of rotatable bonds is 7. The summed E-state index contributed by atoms with van der Waals surface area (Å²) in [5, 5.41) is 30.7. The van der Waals surface area contributed by atoms with Crippen LogP contribution in [0.15, 0.2) is 76.8 Å². The topological polar surface area (TPSA) is 130 Å². The molecular weight excluding hydrogens is 574 g/mol. The molecule has 1 unspecified atom stereocenters. The number of phenolic OH excluding ortho intramolecular Hbond substituents is 1. The molecule has 0 spiro atoms. The minimum atomic E-state index is -1.07. The second-order valence-corrected chi connectivity index (χ2v) is 11.9. The van der Waals surface area contributed by atoms with Crippen molar-refractivity contribution in [3.8, 4) is 11.5 Å². The first-order chi connectivity index (χ1) is 20.3. The number of aliphatic hydroxyl groups excluding tert-OH is 1. The van der Waals surface area contributed by atoms with E-state index >= 15 is 0 Å². The Hall–Kier alpha value is -4.68. The Bertz CT molecular complexity index is 1880. The van der Waals surface area contributed by atoms with E-state index in [4.69, 9.17) is 4.74 Å². The van der Waals surface area contributed by atoms with Crippen LogP contribution < -0.4 is 9.64 Å². The molecule has 2 aromatic carbocycles. The maximum Gasteiger partial charge on any atom is 0.301 e. The van der Waals surface area contributed by atoms with Gasteiger partial charge in [0.1, 0.15) is 11.3 Å². The second kappa shape index (κ2) is 11.0. The van der Waals surface area contributed by atoms with Crippen LogP contribution in [0.1, 0.15) is 34.1 Å². The largest absolute Gasteiger partial charge is 0.505 e. The van der Waals surface area contributed by atoms with E-state index < -0.39 is 17.7 Å². The Morgan fingerprint density at radius 3 is 2.62 bits per heavy atom. The number of imidazole rings is 1. The molecular formula is C30H25N5O5S2. The van der Waals surface area contributed by atoms with Crippen molar-refractivity contribution in [1.29, 1.82) is 0 Å². The normalized spacial score (nSPS) is 16.5. The lowest BCUT2D eigenvalue weighted by atomic mass is 9.96. The van der Waals surface area contributed by atoms with E-state index in [1.165, 1.54) is 52.8 Å². The summed E-state index contributed by atoms with van der Waals surface area (Å²) in [5.41, 5.74) is 3.94. The number of methoxy groups -OCH3 is 1. The van der Waals surface area contributed by atoms with E-state index in [9.17, 15) is 19.8 Å². The quantitative estimate of drug-likeness (QED) is 0.0826. The number of amides is 1. The van der Waals surface area contributed by atoms with Crippen molar-refractivity contribution in [2.75, 3.05) is 12.0 Å².